The van der Waals surface area contributed by atoms with Crippen molar-refractivity contribution in [2.45, 2.75) is 13.0 Å². The van der Waals surface area contributed by atoms with E-state index in [0.717, 1.165) is 16.7 Å². The molecule has 0 unspecified atom stereocenters. The van der Waals surface area contributed by atoms with Gasteiger partial charge in [0.05, 0.1) is 17.7 Å². The summed E-state index contributed by atoms with van der Waals surface area (Å²) in [6, 6.07) is 20.2. The Morgan fingerprint density at radius 2 is 1.48 bits per heavy atom. The molecule has 5 nitrogen and oxygen atoms in total. The molecular weight excluding hydrogens is 419 g/mol. The predicted octanol–water partition coefficient (Wildman–Crippen LogP) is 4.55. The molecule has 0 aliphatic carbocycles. The molecule has 0 N–H and O–H groups in total. The summed E-state index contributed by atoms with van der Waals surface area (Å²) in [7, 11) is 0. The summed E-state index contributed by atoms with van der Waals surface area (Å²) in [4.78, 5) is 41.0. The van der Waals surface area contributed by atoms with Gasteiger partial charge in [-0.1, -0.05) is 42.5 Å². The van der Waals surface area contributed by atoms with Crippen LogP contribution in [0.25, 0.3) is 5.57 Å². The lowest BCUT2D eigenvalue weighted by Gasteiger charge is -2.27. The number of imide groups is 1. The zero-order chi connectivity index (χ0) is 22.9. The summed E-state index contributed by atoms with van der Waals surface area (Å²) in [6.45, 7) is 1.23. The molecule has 0 radical (unpaired) electrons. The number of hydrogen-bond acceptors (Lipinski definition) is 3. The van der Waals surface area contributed by atoms with Gasteiger partial charge >= 0.3 is 0 Å². The molecule has 2 heterocycles. The average Bonchev–Trinajstić information content (AvgIpc) is 3.10. The molecule has 6 heteroatoms. The molecule has 0 aromatic heterocycles. The molecule has 0 saturated heterocycles. The number of amides is 3. The minimum absolute atomic E-state index is 0.0725. The van der Waals surface area contributed by atoms with E-state index in [1.54, 1.807) is 65.6 Å². The first-order valence-corrected chi connectivity index (χ1v) is 10.8. The van der Waals surface area contributed by atoms with Crippen LogP contribution in [0.15, 0.2) is 78.9 Å². The van der Waals surface area contributed by atoms with Crippen molar-refractivity contribution >= 4 is 23.3 Å². The maximum absolute atomic E-state index is 13.1. The fraction of sp³-hybridized carbons (Fsp3) is 0.148. The first kappa shape index (κ1) is 20.8. The topological polar surface area (TPSA) is 57.7 Å². The molecular formula is C27H21FN2O3. The minimum Gasteiger partial charge on any atom is -0.335 e. The lowest BCUT2D eigenvalue weighted by Crippen LogP contribution is -2.34. The first-order valence-electron chi connectivity index (χ1n) is 10.8. The van der Waals surface area contributed by atoms with Crippen LogP contribution < -0.4 is 0 Å². The Kier molecular flexibility index (Phi) is 5.34. The molecule has 164 valence electrons. The van der Waals surface area contributed by atoms with Crippen molar-refractivity contribution in [1.29, 1.82) is 0 Å². The van der Waals surface area contributed by atoms with Gasteiger partial charge in [0.15, 0.2) is 0 Å². The molecule has 0 fully saturated rings. The van der Waals surface area contributed by atoms with Crippen molar-refractivity contribution in [2.24, 2.45) is 0 Å². The van der Waals surface area contributed by atoms with Gasteiger partial charge in [0.1, 0.15) is 5.82 Å². The average molecular weight is 440 g/mol. The predicted molar refractivity (Wildman–Crippen MR) is 122 cm³/mol. The fourth-order valence-corrected chi connectivity index (χ4v) is 4.28. The van der Waals surface area contributed by atoms with Crippen LogP contribution in [0.2, 0.25) is 0 Å². The Morgan fingerprint density at radius 1 is 0.848 bits per heavy atom. The van der Waals surface area contributed by atoms with Gasteiger partial charge < -0.3 is 4.90 Å². The third kappa shape index (κ3) is 3.96. The van der Waals surface area contributed by atoms with Gasteiger partial charge in [-0.2, -0.15) is 0 Å². The molecule has 0 atom stereocenters. The molecule has 3 aromatic rings. The highest BCUT2D eigenvalue weighted by Crippen LogP contribution is 2.25. The van der Waals surface area contributed by atoms with Crippen molar-refractivity contribution in [3.05, 3.63) is 113 Å². The second-order valence-corrected chi connectivity index (χ2v) is 8.18. The maximum Gasteiger partial charge on any atom is 0.261 e. The Morgan fingerprint density at radius 3 is 2.06 bits per heavy atom. The summed E-state index contributed by atoms with van der Waals surface area (Å²) in [5, 5.41) is 0. The Balaban J connectivity index is 1.24. The number of carbonyl (C=O) groups excluding carboxylic acids is 3. The largest absolute Gasteiger partial charge is 0.335 e. The van der Waals surface area contributed by atoms with Crippen LogP contribution in [0.1, 0.15) is 48.6 Å². The number of hydrogen-bond donors (Lipinski definition) is 0. The Bertz CT molecular complexity index is 1240. The van der Waals surface area contributed by atoms with Gasteiger partial charge in [0, 0.05) is 18.7 Å². The lowest BCUT2D eigenvalue weighted by atomic mass is 9.99. The van der Waals surface area contributed by atoms with E-state index < -0.39 is 0 Å². The van der Waals surface area contributed by atoms with Crippen molar-refractivity contribution in [2.75, 3.05) is 13.1 Å². The van der Waals surface area contributed by atoms with Crippen LogP contribution in [0, 0.1) is 5.82 Å². The van der Waals surface area contributed by atoms with Crippen molar-refractivity contribution in [1.82, 2.24) is 9.80 Å². The number of carbonyl (C=O) groups is 3. The molecule has 3 aromatic carbocycles. The van der Waals surface area contributed by atoms with Crippen LogP contribution in [-0.2, 0) is 6.54 Å². The monoisotopic (exact) mass is 440 g/mol. The van der Waals surface area contributed by atoms with Gasteiger partial charge in [-0.05, 0) is 59.5 Å². The molecule has 0 saturated carbocycles. The van der Waals surface area contributed by atoms with Gasteiger partial charge in [0.25, 0.3) is 17.7 Å². The number of nitrogens with zero attached hydrogens (tertiary/aromatic N) is 2. The van der Waals surface area contributed by atoms with Crippen LogP contribution in [-0.4, -0.2) is 40.6 Å². The van der Waals surface area contributed by atoms with Crippen molar-refractivity contribution in [3.8, 4) is 0 Å². The number of fused-ring (bicyclic) bond motifs is 1. The van der Waals surface area contributed by atoms with E-state index in [0.29, 0.717) is 36.2 Å². The van der Waals surface area contributed by atoms with Crippen LogP contribution in [0.4, 0.5) is 4.39 Å². The summed E-state index contributed by atoms with van der Waals surface area (Å²) in [5.74, 6) is -0.935. The van der Waals surface area contributed by atoms with E-state index in [1.165, 1.54) is 17.0 Å². The van der Waals surface area contributed by atoms with E-state index in [9.17, 15) is 18.8 Å². The van der Waals surface area contributed by atoms with Gasteiger partial charge in [-0.25, -0.2) is 4.39 Å². The van der Waals surface area contributed by atoms with E-state index in [4.69, 9.17) is 0 Å². The van der Waals surface area contributed by atoms with E-state index in [-0.39, 0.29) is 30.1 Å². The van der Waals surface area contributed by atoms with Gasteiger partial charge in [-0.3, -0.25) is 19.3 Å². The Hall–Kier alpha value is -4.06. The van der Waals surface area contributed by atoms with E-state index in [1.807, 2.05) is 6.08 Å². The zero-order valence-corrected chi connectivity index (χ0v) is 17.8. The minimum atomic E-state index is -0.298. The quantitative estimate of drug-likeness (QED) is 0.560. The first-order chi connectivity index (χ1) is 16.0. The summed E-state index contributed by atoms with van der Waals surface area (Å²) >= 11 is 0. The number of halogens is 1. The van der Waals surface area contributed by atoms with Gasteiger partial charge in [0.2, 0.25) is 0 Å². The molecule has 2 aliphatic rings. The van der Waals surface area contributed by atoms with Crippen LogP contribution in [0.5, 0.6) is 0 Å². The molecule has 0 spiro atoms. The second kappa shape index (κ2) is 8.47. The Labute approximate surface area is 190 Å². The molecule has 3 amide bonds. The molecule has 2 aliphatic heterocycles. The van der Waals surface area contributed by atoms with Crippen molar-refractivity contribution in [3.63, 3.8) is 0 Å². The smallest absolute Gasteiger partial charge is 0.261 e. The molecule has 5 rings (SSSR count). The highest BCUT2D eigenvalue weighted by atomic mass is 19.1. The fourth-order valence-electron chi connectivity index (χ4n) is 4.28. The SMILES string of the molecule is O=C(c1ccc(CN2C(=O)c3ccccc3C2=O)cc1)N1CC=C(c2ccc(F)cc2)CC1. The van der Waals surface area contributed by atoms with Crippen LogP contribution in [0.3, 0.4) is 0 Å². The molecule has 0 bridgehead atoms. The standard InChI is InChI=1S/C27H21FN2O3/c28-22-11-9-19(10-12-22)20-13-15-29(16-14-20)25(31)21-7-5-18(6-8-21)17-30-26(32)23-3-1-2-4-24(23)27(30)33/h1-13H,14-17H2. The molecule has 33 heavy (non-hydrogen) atoms. The van der Waals surface area contributed by atoms with E-state index >= 15 is 0 Å². The normalized spacial score (nSPS) is 15.5. The highest BCUT2D eigenvalue weighted by molar-refractivity contribution is 6.21. The van der Waals surface area contributed by atoms with E-state index in [2.05, 4.69) is 0 Å². The number of benzene rings is 3. The zero-order valence-electron chi connectivity index (χ0n) is 17.8. The summed E-state index contributed by atoms with van der Waals surface area (Å²) < 4.78 is 13.1. The van der Waals surface area contributed by atoms with Crippen LogP contribution >= 0.6 is 0 Å². The number of rotatable bonds is 4. The highest BCUT2D eigenvalue weighted by Gasteiger charge is 2.35. The lowest BCUT2D eigenvalue weighted by molar-refractivity contribution is 0.0641. The summed E-state index contributed by atoms with van der Waals surface area (Å²) in [6.07, 6.45) is 2.71. The van der Waals surface area contributed by atoms with Crippen molar-refractivity contribution < 1.29 is 18.8 Å². The maximum atomic E-state index is 13.1. The summed E-state index contributed by atoms with van der Waals surface area (Å²) in [5.41, 5.74) is 4.26. The third-order valence-electron chi connectivity index (χ3n) is 6.13. The third-order valence-corrected chi connectivity index (χ3v) is 6.13. The van der Waals surface area contributed by atoms with Gasteiger partial charge in [-0.15, -0.1) is 0 Å². The second-order valence-electron chi connectivity index (χ2n) is 8.18.